The average molecular weight is 319 g/mol. The normalized spacial score (nSPS) is 15.0. The second-order valence-electron chi connectivity index (χ2n) is 5.63. The zero-order valence-electron chi connectivity index (χ0n) is 13.8. The predicted octanol–water partition coefficient (Wildman–Crippen LogP) is 1.48. The third-order valence-electron chi connectivity index (χ3n) is 4.10. The Morgan fingerprint density at radius 2 is 2.00 bits per heavy atom. The second-order valence-corrected chi connectivity index (χ2v) is 5.63. The number of para-hydroxylation sites is 2. The van der Waals surface area contributed by atoms with Crippen LogP contribution < -0.4 is 15.4 Å². The van der Waals surface area contributed by atoms with Crippen LogP contribution in [0.4, 0.5) is 5.69 Å². The highest BCUT2D eigenvalue weighted by molar-refractivity contribution is 5.95. The van der Waals surface area contributed by atoms with Crippen LogP contribution >= 0.6 is 0 Å². The molecule has 0 unspecified atom stereocenters. The highest BCUT2D eigenvalue weighted by Gasteiger charge is 2.26. The van der Waals surface area contributed by atoms with E-state index in [2.05, 4.69) is 10.6 Å². The molecule has 1 saturated heterocycles. The summed E-state index contributed by atoms with van der Waals surface area (Å²) in [7, 11) is 1.56. The van der Waals surface area contributed by atoms with Crippen LogP contribution in [0.3, 0.4) is 0 Å². The van der Waals surface area contributed by atoms with Crippen molar-refractivity contribution in [1.82, 2.24) is 10.2 Å². The highest BCUT2D eigenvalue weighted by Crippen LogP contribution is 2.23. The third kappa shape index (κ3) is 4.69. The van der Waals surface area contributed by atoms with Crippen molar-refractivity contribution in [3.05, 3.63) is 24.3 Å². The number of amides is 2. The number of rotatable bonds is 6. The van der Waals surface area contributed by atoms with Gasteiger partial charge in [-0.25, -0.2) is 0 Å². The Bertz CT molecular complexity index is 542. The molecule has 1 heterocycles. The monoisotopic (exact) mass is 319 g/mol. The molecule has 126 valence electrons. The number of carbonyl (C=O) groups excluding carboxylic acids is 2. The van der Waals surface area contributed by atoms with E-state index in [1.165, 1.54) is 0 Å². The number of nitrogens with zero attached hydrogens (tertiary/aromatic N) is 1. The van der Waals surface area contributed by atoms with Gasteiger partial charge in [-0.05, 0) is 45.0 Å². The van der Waals surface area contributed by atoms with Gasteiger partial charge in [0, 0.05) is 12.5 Å². The van der Waals surface area contributed by atoms with Gasteiger partial charge in [0.2, 0.25) is 11.8 Å². The lowest BCUT2D eigenvalue weighted by Crippen LogP contribution is -2.44. The Hall–Kier alpha value is -2.08. The summed E-state index contributed by atoms with van der Waals surface area (Å²) in [5, 5.41) is 6.06. The molecule has 1 fully saturated rings. The summed E-state index contributed by atoms with van der Waals surface area (Å²) in [6.45, 7) is 4.22. The van der Waals surface area contributed by atoms with Gasteiger partial charge in [-0.3, -0.25) is 9.59 Å². The van der Waals surface area contributed by atoms with Crippen LogP contribution in [0.15, 0.2) is 24.3 Å². The largest absolute Gasteiger partial charge is 0.495 e. The minimum absolute atomic E-state index is 0.0234. The SMILES string of the molecule is CCN(CC(=O)Nc1ccccc1OC)C(=O)C1CCNCC1. The van der Waals surface area contributed by atoms with Gasteiger partial charge in [-0.1, -0.05) is 12.1 Å². The number of likely N-dealkylation sites (N-methyl/N-ethyl adjacent to an activating group) is 1. The molecular formula is C17H25N3O3. The van der Waals surface area contributed by atoms with Gasteiger partial charge in [0.1, 0.15) is 5.75 Å². The van der Waals surface area contributed by atoms with Crippen molar-refractivity contribution in [2.75, 3.05) is 38.6 Å². The highest BCUT2D eigenvalue weighted by atomic mass is 16.5. The number of anilines is 1. The zero-order valence-corrected chi connectivity index (χ0v) is 13.8. The summed E-state index contributed by atoms with van der Waals surface area (Å²) in [4.78, 5) is 26.4. The van der Waals surface area contributed by atoms with Gasteiger partial charge < -0.3 is 20.3 Å². The lowest BCUT2D eigenvalue weighted by molar-refractivity contribution is -0.138. The molecule has 0 saturated carbocycles. The van der Waals surface area contributed by atoms with Crippen molar-refractivity contribution in [2.24, 2.45) is 5.92 Å². The molecule has 23 heavy (non-hydrogen) atoms. The van der Waals surface area contributed by atoms with E-state index in [1.54, 1.807) is 24.1 Å². The minimum atomic E-state index is -0.210. The van der Waals surface area contributed by atoms with Crippen LogP contribution in [0.1, 0.15) is 19.8 Å². The fraction of sp³-hybridized carbons (Fsp3) is 0.529. The first kappa shape index (κ1) is 17.3. The van der Waals surface area contributed by atoms with E-state index in [4.69, 9.17) is 4.74 Å². The quantitative estimate of drug-likeness (QED) is 0.833. The summed E-state index contributed by atoms with van der Waals surface area (Å²) >= 11 is 0. The van der Waals surface area contributed by atoms with E-state index in [-0.39, 0.29) is 24.3 Å². The molecule has 0 aromatic heterocycles. The first-order chi connectivity index (χ1) is 11.2. The second kappa shape index (κ2) is 8.53. The maximum Gasteiger partial charge on any atom is 0.244 e. The van der Waals surface area contributed by atoms with Crippen LogP contribution in [-0.2, 0) is 9.59 Å². The van der Waals surface area contributed by atoms with Crippen molar-refractivity contribution in [3.8, 4) is 5.75 Å². The summed E-state index contributed by atoms with van der Waals surface area (Å²) in [6.07, 6.45) is 1.67. The third-order valence-corrected chi connectivity index (χ3v) is 4.10. The lowest BCUT2D eigenvalue weighted by Gasteiger charge is -2.28. The smallest absolute Gasteiger partial charge is 0.244 e. The van der Waals surface area contributed by atoms with Crippen LogP contribution in [0.2, 0.25) is 0 Å². The fourth-order valence-electron chi connectivity index (χ4n) is 2.78. The molecule has 1 aromatic rings. The van der Waals surface area contributed by atoms with Crippen molar-refractivity contribution < 1.29 is 14.3 Å². The molecule has 1 aliphatic heterocycles. The number of methoxy groups -OCH3 is 1. The summed E-state index contributed by atoms with van der Waals surface area (Å²) in [5.74, 6) is 0.492. The summed E-state index contributed by atoms with van der Waals surface area (Å²) < 4.78 is 5.22. The standard InChI is InChI=1S/C17H25N3O3/c1-3-20(17(22)13-8-10-18-11-9-13)12-16(21)19-14-6-4-5-7-15(14)23-2/h4-7,13,18H,3,8-12H2,1-2H3,(H,19,21). The van der Waals surface area contributed by atoms with Crippen molar-refractivity contribution in [2.45, 2.75) is 19.8 Å². The van der Waals surface area contributed by atoms with Crippen molar-refractivity contribution in [1.29, 1.82) is 0 Å². The molecule has 6 nitrogen and oxygen atoms in total. The molecule has 0 atom stereocenters. The lowest BCUT2D eigenvalue weighted by atomic mass is 9.96. The van der Waals surface area contributed by atoms with E-state index in [9.17, 15) is 9.59 Å². The van der Waals surface area contributed by atoms with Gasteiger partial charge in [0.15, 0.2) is 0 Å². The maximum atomic E-state index is 12.5. The predicted molar refractivity (Wildman–Crippen MR) is 89.5 cm³/mol. The molecular weight excluding hydrogens is 294 g/mol. The van der Waals surface area contributed by atoms with E-state index < -0.39 is 0 Å². The number of hydrogen-bond donors (Lipinski definition) is 2. The Labute approximate surface area is 137 Å². The molecule has 2 amide bonds. The van der Waals surface area contributed by atoms with Gasteiger partial charge in [0.05, 0.1) is 19.3 Å². The Morgan fingerprint density at radius 1 is 1.30 bits per heavy atom. The first-order valence-electron chi connectivity index (χ1n) is 8.08. The van der Waals surface area contributed by atoms with Crippen molar-refractivity contribution in [3.63, 3.8) is 0 Å². The molecule has 2 N–H and O–H groups in total. The molecule has 0 aliphatic carbocycles. The van der Waals surface area contributed by atoms with Crippen LogP contribution in [-0.4, -0.2) is 50.0 Å². The number of benzene rings is 1. The fourth-order valence-corrected chi connectivity index (χ4v) is 2.78. The van der Waals surface area contributed by atoms with E-state index in [0.29, 0.717) is 18.0 Å². The number of piperidine rings is 1. The van der Waals surface area contributed by atoms with Crippen molar-refractivity contribution >= 4 is 17.5 Å². The van der Waals surface area contributed by atoms with Crippen LogP contribution in [0.25, 0.3) is 0 Å². The van der Waals surface area contributed by atoms with E-state index in [1.807, 2.05) is 19.1 Å². The summed E-state index contributed by atoms with van der Waals surface area (Å²) in [5.41, 5.74) is 0.616. The summed E-state index contributed by atoms with van der Waals surface area (Å²) in [6, 6.07) is 7.23. The Kier molecular flexibility index (Phi) is 6.40. The maximum absolute atomic E-state index is 12.5. The van der Waals surface area contributed by atoms with Gasteiger partial charge in [0.25, 0.3) is 0 Å². The zero-order chi connectivity index (χ0) is 16.7. The van der Waals surface area contributed by atoms with Gasteiger partial charge in [-0.2, -0.15) is 0 Å². The van der Waals surface area contributed by atoms with Gasteiger partial charge in [-0.15, -0.1) is 0 Å². The first-order valence-corrected chi connectivity index (χ1v) is 8.08. The molecule has 1 aromatic carbocycles. The van der Waals surface area contributed by atoms with E-state index in [0.717, 1.165) is 25.9 Å². The molecule has 0 radical (unpaired) electrons. The average Bonchev–Trinajstić information content (AvgIpc) is 2.60. The number of ether oxygens (including phenoxy) is 1. The molecule has 6 heteroatoms. The molecule has 2 rings (SSSR count). The van der Waals surface area contributed by atoms with Gasteiger partial charge >= 0.3 is 0 Å². The number of carbonyl (C=O) groups is 2. The Morgan fingerprint density at radius 3 is 2.65 bits per heavy atom. The molecule has 0 bridgehead atoms. The number of hydrogen-bond acceptors (Lipinski definition) is 4. The molecule has 0 spiro atoms. The molecule has 1 aliphatic rings. The van der Waals surface area contributed by atoms with Crippen LogP contribution in [0.5, 0.6) is 5.75 Å². The Balaban J connectivity index is 1.95. The van der Waals surface area contributed by atoms with Crippen LogP contribution in [0, 0.1) is 5.92 Å². The topological polar surface area (TPSA) is 70.7 Å². The number of nitrogens with one attached hydrogen (secondary N) is 2. The van der Waals surface area contributed by atoms with E-state index >= 15 is 0 Å². The minimum Gasteiger partial charge on any atom is -0.495 e.